The van der Waals surface area contributed by atoms with Crippen molar-refractivity contribution in [3.05, 3.63) is 52.4 Å². The third-order valence-electron chi connectivity index (χ3n) is 3.00. The number of furan rings is 1. The molecule has 2 aromatic rings. The maximum atomic E-state index is 12.8. The highest BCUT2D eigenvalue weighted by atomic mass is 35.5. The highest BCUT2D eigenvalue weighted by Crippen LogP contribution is 2.28. The quantitative estimate of drug-likeness (QED) is 0.799. The van der Waals surface area contributed by atoms with Gasteiger partial charge in [-0.3, -0.25) is 4.79 Å². The molecule has 0 aliphatic rings. The summed E-state index contributed by atoms with van der Waals surface area (Å²) in [5.74, 6) is -0.723. The van der Waals surface area contributed by atoms with E-state index in [9.17, 15) is 13.2 Å². The highest BCUT2D eigenvalue weighted by Gasteiger charge is 2.28. The Hall–Kier alpha value is -1.54. The van der Waals surface area contributed by atoms with Crippen molar-refractivity contribution in [2.45, 2.75) is 17.9 Å². The number of aliphatic carboxylic acids is 1. The molecule has 0 atom stereocenters. The van der Waals surface area contributed by atoms with Crippen LogP contribution in [0.1, 0.15) is 12.2 Å². The molecule has 1 aromatic carbocycles. The lowest BCUT2D eigenvalue weighted by Gasteiger charge is -2.21. The van der Waals surface area contributed by atoms with Crippen molar-refractivity contribution >= 4 is 39.2 Å². The van der Waals surface area contributed by atoms with E-state index in [-0.39, 0.29) is 34.5 Å². The van der Waals surface area contributed by atoms with Crippen molar-refractivity contribution in [1.82, 2.24) is 4.31 Å². The van der Waals surface area contributed by atoms with Crippen LogP contribution in [0.15, 0.2) is 45.9 Å². The summed E-state index contributed by atoms with van der Waals surface area (Å²) in [4.78, 5) is 10.6. The van der Waals surface area contributed by atoms with Gasteiger partial charge in [0.15, 0.2) is 0 Å². The van der Waals surface area contributed by atoms with Gasteiger partial charge >= 0.3 is 5.97 Å². The summed E-state index contributed by atoms with van der Waals surface area (Å²) < 4.78 is 31.7. The Labute approximate surface area is 143 Å². The molecular formula is C14H13Cl2NO5S. The predicted octanol–water partition coefficient (Wildman–Crippen LogP) is 3.25. The van der Waals surface area contributed by atoms with Gasteiger partial charge in [-0.2, -0.15) is 4.31 Å². The van der Waals surface area contributed by atoms with Crippen LogP contribution < -0.4 is 0 Å². The van der Waals surface area contributed by atoms with Gasteiger partial charge in [0.2, 0.25) is 10.0 Å². The molecule has 0 aliphatic heterocycles. The number of rotatable bonds is 7. The second kappa shape index (κ2) is 7.35. The number of hydrogen-bond donors (Lipinski definition) is 1. The summed E-state index contributed by atoms with van der Waals surface area (Å²) in [6, 6.07) is 7.29. The van der Waals surface area contributed by atoms with Crippen molar-refractivity contribution in [1.29, 1.82) is 0 Å². The van der Waals surface area contributed by atoms with E-state index in [1.54, 1.807) is 12.1 Å². The summed E-state index contributed by atoms with van der Waals surface area (Å²) in [5, 5.41) is 9.05. The minimum absolute atomic E-state index is 0.00849. The molecule has 0 amide bonds. The van der Waals surface area contributed by atoms with Gasteiger partial charge in [-0.25, -0.2) is 8.42 Å². The SMILES string of the molecule is O=C(O)CCN(Cc1ccco1)S(=O)(=O)c1cc(Cl)ccc1Cl. The average Bonchev–Trinajstić information content (AvgIpc) is 2.98. The summed E-state index contributed by atoms with van der Waals surface area (Å²) in [6.45, 7) is -0.327. The van der Waals surface area contributed by atoms with Gasteiger partial charge < -0.3 is 9.52 Å². The van der Waals surface area contributed by atoms with Gasteiger partial charge in [-0.15, -0.1) is 0 Å². The molecule has 0 spiro atoms. The molecule has 1 aromatic heterocycles. The van der Waals surface area contributed by atoms with Crippen molar-refractivity contribution in [2.75, 3.05) is 6.54 Å². The second-order valence-electron chi connectivity index (χ2n) is 4.64. The Bertz CT molecular complexity index is 790. The molecule has 0 saturated heterocycles. The third kappa shape index (κ3) is 4.48. The van der Waals surface area contributed by atoms with E-state index in [0.717, 1.165) is 4.31 Å². The zero-order chi connectivity index (χ0) is 17.0. The molecule has 9 heteroatoms. The van der Waals surface area contributed by atoms with Crippen molar-refractivity contribution in [3.63, 3.8) is 0 Å². The van der Waals surface area contributed by atoms with Crippen LogP contribution in [0, 0.1) is 0 Å². The fourth-order valence-electron chi connectivity index (χ4n) is 1.89. The first-order chi connectivity index (χ1) is 10.8. The Morgan fingerprint density at radius 3 is 2.61 bits per heavy atom. The number of nitrogens with zero attached hydrogens (tertiary/aromatic N) is 1. The maximum absolute atomic E-state index is 12.8. The van der Waals surface area contributed by atoms with Crippen LogP contribution in [-0.4, -0.2) is 30.3 Å². The normalized spacial score (nSPS) is 11.8. The zero-order valence-electron chi connectivity index (χ0n) is 11.8. The van der Waals surface area contributed by atoms with Crippen molar-refractivity contribution < 1.29 is 22.7 Å². The number of sulfonamides is 1. The summed E-state index contributed by atoms with van der Waals surface area (Å²) in [5.41, 5.74) is 0. The molecule has 124 valence electrons. The lowest BCUT2D eigenvalue weighted by molar-refractivity contribution is -0.137. The summed E-state index contributed by atoms with van der Waals surface area (Å²) in [6.07, 6.45) is 1.06. The third-order valence-corrected chi connectivity index (χ3v) is 5.56. The first-order valence-corrected chi connectivity index (χ1v) is 8.69. The first kappa shape index (κ1) is 17.8. The Morgan fingerprint density at radius 2 is 2.00 bits per heavy atom. The number of carboxylic acid groups (broad SMARTS) is 1. The minimum atomic E-state index is -4.03. The second-order valence-corrected chi connectivity index (χ2v) is 7.39. The number of benzene rings is 1. The summed E-state index contributed by atoms with van der Waals surface area (Å²) >= 11 is 11.8. The van der Waals surface area contributed by atoms with Crippen LogP contribution >= 0.6 is 23.2 Å². The first-order valence-electron chi connectivity index (χ1n) is 6.50. The van der Waals surface area contributed by atoms with E-state index in [1.165, 1.54) is 24.5 Å². The molecule has 0 unspecified atom stereocenters. The number of carbonyl (C=O) groups is 1. The van der Waals surface area contributed by atoms with Gasteiger partial charge in [0.05, 0.1) is 24.3 Å². The van der Waals surface area contributed by atoms with Crippen molar-refractivity contribution in [2.24, 2.45) is 0 Å². The molecule has 1 N–H and O–H groups in total. The van der Waals surface area contributed by atoms with Crippen LogP contribution in [0.2, 0.25) is 10.0 Å². The monoisotopic (exact) mass is 377 g/mol. The summed E-state index contributed by atoms with van der Waals surface area (Å²) in [7, 11) is -4.03. The van der Waals surface area contributed by atoms with E-state index in [0.29, 0.717) is 5.76 Å². The number of halogens is 2. The van der Waals surface area contributed by atoms with Crippen LogP contribution in [0.3, 0.4) is 0 Å². The van der Waals surface area contributed by atoms with Crippen LogP contribution in [0.25, 0.3) is 0 Å². The molecule has 2 rings (SSSR count). The van der Waals surface area contributed by atoms with Gasteiger partial charge in [-0.05, 0) is 30.3 Å². The van der Waals surface area contributed by atoms with E-state index in [4.69, 9.17) is 32.7 Å². The minimum Gasteiger partial charge on any atom is -0.481 e. The van der Waals surface area contributed by atoms with Crippen LogP contribution in [0.4, 0.5) is 0 Å². The predicted molar refractivity (Wildman–Crippen MR) is 85.0 cm³/mol. The molecule has 23 heavy (non-hydrogen) atoms. The lowest BCUT2D eigenvalue weighted by atomic mass is 10.4. The molecular weight excluding hydrogens is 365 g/mol. The van der Waals surface area contributed by atoms with Gasteiger partial charge in [-0.1, -0.05) is 23.2 Å². The fourth-order valence-corrected chi connectivity index (χ4v) is 4.04. The molecule has 0 aliphatic carbocycles. The Balaban J connectivity index is 2.38. The van der Waals surface area contributed by atoms with E-state index in [2.05, 4.69) is 0 Å². The van der Waals surface area contributed by atoms with Crippen LogP contribution in [0.5, 0.6) is 0 Å². The van der Waals surface area contributed by atoms with E-state index in [1.807, 2.05) is 0 Å². The molecule has 0 fully saturated rings. The Kier molecular flexibility index (Phi) is 5.69. The largest absolute Gasteiger partial charge is 0.481 e. The molecule has 0 radical (unpaired) electrons. The Morgan fingerprint density at radius 1 is 1.26 bits per heavy atom. The maximum Gasteiger partial charge on any atom is 0.304 e. The van der Waals surface area contributed by atoms with Gasteiger partial charge in [0.1, 0.15) is 10.7 Å². The van der Waals surface area contributed by atoms with E-state index < -0.39 is 16.0 Å². The molecule has 0 saturated carbocycles. The number of carboxylic acids is 1. The van der Waals surface area contributed by atoms with Crippen molar-refractivity contribution in [3.8, 4) is 0 Å². The fraction of sp³-hybridized carbons (Fsp3) is 0.214. The molecule has 6 nitrogen and oxygen atoms in total. The smallest absolute Gasteiger partial charge is 0.304 e. The highest BCUT2D eigenvalue weighted by molar-refractivity contribution is 7.89. The number of hydrogen-bond acceptors (Lipinski definition) is 4. The topological polar surface area (TPSA) is 87.8 Å². The standard InChI is InChI=1S/C14H13Cl2NO5S/c15-10-3-4-12(16)13(8-10)23(20,21)17(6-5-14(18)19)9-11-2-1-7-22-11/h1-4,7-8H,5-6,9H2,(H,18,19). The average molecular weight is 378 g/mol. The zero-order valence-corrected chi connectivity index (χ0v) is 14.1. The van der Waals surface area contributed by atoms with Gasteiger partial charge in [0.25, 0.3) is 0 Å². The molecule has 0 bridgehead atoms. The van der Waals surface area contributed by atoms with Crippen LogP contribution in [-0.2, 0) is 21.4 Å². The van der Waals surface area contributed by atoms with Gasteiger partial charge in [0, 0.05) is 11.6 Å². The lowest BCUT2D eigenvalue weighted by Crippen LogP contribution is -2.32. The molecule has 1 heterocycles. The van der Waals surface area contributed by atoms with E-state index >= 15 is 0 Å².